The number of aldehydes is 1. The molecule has 0 aliphatic heterocycles. The van der Waals surface area contributed by atoms with Crippen molar-refractivity contribution in [3.05, 3.63) is 46.0 Å². The van der Waals surface area contributed by atoms with E-state index in [-0.39, 0.29) is 0 Å². The molecule has 4 heteroatoms. The van der Waals surface area contributed by atoms with Gasteiger partial charge in [0.1, 0.15) is 0 Å². The molecule has 0 unspecified atom stereocenters. The monoisotopic (exact) mass is 278 g/mol. The minimum Gasteiger partial charge on any atom is -0.317 e. The molecular weight excluding hydrogens is 268 g/mol. The van der Waals surface area contributed by atoms with E-state index in [4.69, 9.17) is 0 Å². The first-order chi connectivity index (χ1) is 7.65. The Hall–Kier alpha value is -1.42. The van der Waals surface area contributed by atoms with Crippen molar-refractivity contribution in [3.63, 3.8) is 0 Å². The summed E-state index contributed by atoms with van der Waals surface area (Å²) in [4.78, 5) is 14.9. The molecule has 0 aromatic carbocycles. The molecule has 0 fully saturated rings. The van der Waals surface area contributed by atoms with E-state index >= 15 is 0 Å². The van der Waals surface area contributed by atoms with Gasteiger partial charge in [0.25, 0.3) is 0 Å². The lowest BCUT2D eigenvalue weighted by Crippen LogP contribution is -2.00. The Morgan fingerprint density at radius 2 is 2.19 bits per heavy atom. The maximum absolute atomic E-state index is 10.9. The second-order valence-electron chi connectivity index (χ2n) is 3.61. The summed E-state index contributed by atoms with van der Waals surface area (Å²) in [5.74, 6) is 0. The van der Waals surface area contributed by atoms with Gasteiger partial charge in [0.05, 0.1) is 10.2 Å². The maximum atomic E-state index is 10.9. The fraction of sp³-hybridized carbons (Fsp3) is 0.167. The van der Waals surface area contributed by atoms with Crippen LogP contribution in [0.25, 0.3) is 5.69 Å². The number of hydrogen-bond donors (Lipinski definition) is 0. The largest absolute Gasteiger partial charge is 0.317 e. The Bertz CT molecular complexity index is 546. The van der Waals surface area contributed by atoms with Crippen molar-refractivity contribution in [2.45, 2.75) is 13.8 Å². The van der Waals surface area contributed by atoms with Crippen LogP contribution in [0.5, 0.6) is 0 Å². The Labute approximate surface area is 102 Å². The molecule has 0 N–H and O–H groups in total. The molecule has 0 spiro atoms. The number of rotatable bonds is 2. The average Bonchev–Trinajstić information content (AvgIpc) is 2.55. The predicted octanol–water partition coefficient (Wildman–Crippen LogP) is 3.06. The van der Waals surface area contributed by atoms with Crippen LogP contribution in [0, 0.1) is 13.8 Å². The molecule has 3 nitrogen and oxygen atoms in total. The number of aromatic nitrogens is 2. The van der Waals surface area contributed by atoms with Crippen LogP contribution in [0.2, 0.25) is 0 Å². The molecule has 2 heterocycles. The molecule has 0 bridgehead atoms. The summed E-state index contributed by atoms with van der Waals surface area (Å²) in [5, 5.41) is 0. The lowest BCUT2D eigenvalue weighted by atomic mass is 10.3. The van der Waals surface area contributed by atoms with Gasteiger partial charge in [0, 0.05) is 29.3 Å². The number of pyridine rings is 1. The van der Waals surface area contributed by atoms with Crippen LogP contribution in [-0.2, 0) is 0 Å². The summed E-state index contributed by atoms with van der Waals surface area (Å²) < 4.78 is 2.95. The molecule has 0 saturated heterocycles. The first-order valence-electron chi connectivity index (χ1n) is 4.89. The zero-order valence-corrected chi connectivity index (χ0v) is 10.7. The first-order valence-corrected chi connectivity index (χ1v) is 5.68. The van der Waals surface area contributed by atoms with Gasteiger partial charge in [-0.2, -0.15) is 0 Å². The molecule has 0 aliphatic rings. The van der Waals surface area contributed by atoms with Gasteiger partial charge in [-0.25, -0.2) is 0 Å². The number of hydrogen-bond acceptors (Lipinski definition) is 2. The van der Waals surface area contributed by atoms with Gasteiger partial charge in [-0.1, -0.05) is 0 Å². The Balaban J connectivity index is 2.69. The highest BCUT2D eigenvalue weighted by molar-refractivity contribution is 9.10. The van der Waals surface area contributed by atoms with E-state index in [0.717, 1.165) is 33.4 Å². The summed E-state index contributed by atoms with van der Waals surface area (Å²) in [6.07, 6.45) is 4.36. The van der Waals surface area contributed by atoms with Gasteiger partial charge in [0.15, 0.2) is 6.29 Å². The van der Waals surface area contributed by atoms with Gasteiger partial charge < -0.3 is 4.57 Å². The molecule has 82 valence electrons. The molecule has 2 rings (SSSR count). The van der Waals surface area contributed by atoms with Crippen molar-refractivity contribution in [2.24, 2.45) is 0 Å². The molecular formula is C12H11BrN2O. The van der Waals surface area contributed by atoms with Crippen LogP contribution < -0.4 is 0 Å². The van der Waals surface area contributed by atoms with Crippen molar-refractivity contribution >= 4 is 22.2 Å². The number of carbonyl (C=O) groups is 1. The number of aryl methyl sites for hydroxylation is 1. The molecule has 0 saturated carbocycles. The van der Waals surface area contributed by atoms with E-state index < -0.39 is 0 Å². The topological polar surface area (TPSA) is 34.9 Å². The zero-order chi connectivity index (χ0) is 11.7. The van der Waals surface area contributed by atoms with Crippen molar-refractivity contribution in [2.75, 3.05) is 0 Å². The third-order valence-electron chi connectivity index (χ3n) is 2.59. The number of carbonyl (C=O) groups excluding carboxylic acids is 1. The standard InChI is InChI=1S/C12H11BrN2O/c1-8-5-10(7-16)9(2)15(8)12-3-4-14-6-11(12)13/h3-7H,1-2H3. The van der Waals surface area contributed by atoms with Crippen molar-refractivity contribution in [1.82, 2.24) is 9.55 Å². The van der Waals surface area contributed by atoms with E-state index in [1.54, 1.807) is 12.4 Å². The number of halogens is 1. The highest BCUT2D eigenvalue weighted by Crippen LogP contribution is 2.25. The van der Waals surface area contributed by atoms with Gasteiger partial charge in [-0.05, 0) is 41.9 Å². The molecule has 16 heavy (non-hydrogen) atoms. The van der Waals surface area contributed by atoms with Crippen molar-refractivity contribution in [1.29, 1.82) is 0 Å². The third-order valence-corrected chi connectivity index (χ3v) is 3.20. The molecule has 0 radical (unpaired) electrons. The van der Waals surface area contributed by atoms with Gasteiger partial charge >= 0.3 is 0 Å². The van der Waals surface area contributed by atoms with E-state index in [1.807, 2.05) is 30.5 Å². The molecule has 2 aromatic heterocycles. The van der Waals surface area contributed by atoms with E-state index in [0.29, 0.717) is 0 Å². The lowest BCUT2D eigenvalue weighted by Gasteiger charge is -2.10. The van der Waals surface area contributed by atoms with E-state index in [1.165, 1.54) is 0 Å². The fourth-order valence-corrected chi connectivity index (χ4v) is 2.25. The second kappa shape index (κ2) is 4.22. The van der Waals surface area contributed by atoms with Crippen molar-refractivity contribution in [3.8, 4) is 5.69 Å². The SMILES string of the molecule is Cc1cc(C=O)c(C)n1-c1ccncc1Br. The highest BCUT2D eigenvalue weighted by atomic mass is 79.9. The van der Waals surface area contributed by atoms with Gasteiger partial charge in [-0.3, -0.25) is 9.78 Å². The van der Waals surface area contributed by atoms with Gasteiger partial charge in [-0.15, -0.1) is 0 Å². The third kappa shape index (κ3) is 1.69. The zero-order valence-electron chi connectivity index (χ0n) is 9.07. The van der Waals surface area contributed by atoms with Crippen LogP contribution in [0.15, 0.2) is 29.0 Å². The molecule has 0 atom stereocenters. The van der Waals surface area contributed by atoms with Crippen LogP contribution in [0.1, 0.15) is 21.7 Å². The average molecular weight is 279 g/mol. The lowest BCUT2D eigenvalue weighted by molar-refractivity contribution is 0.112. The van der Waals surface area contributed by atoms with Crippen LogP contribution in [-0.4, -0.2) is 15.8 Å². The van der Waals surface area contributed by atoms with Crippen LogP contribution >= 0.6 is 15.9 Å². The van der Waals surface area contributed by atoms with Gasteiger partial charge in [0.2, 0.25) is 0 Å². The Morgan fingerprint density at radius 3 is 2.75 bits per heavy atom. The number of nitrogens with zero attached hydrogens (tertiary/aromatic N) is 2. The molecule has 0 aliphatic carbocycles. The fourth-order valence-electron chi connectivity index (χ4n) is 1.83. The Kier molecular flexibility index (Phi) is 2.92. The summed E-state index contributed by atoms with van der Waals surface area (Å²) in [6.45, 7) is 3.91. The summed E-state index contributed by atoms with van der Waals surface area (Å²) in [5.41, 5.74) is 3.70. The summed E-state index contributed by atoms with van der Waals surface area (Å²) >= 11 is 3.46. The van der Waals surface area contributed by atoms with E-state index in [9.17, 15) is 4.79 Å². The second-order valence-corrected chi connectivity index (χ2v) is 4.46. The van der Waals surface area contributed by atoms with Crippen LogP contribution in [0.3, 0.4) is 0 Å². The Morgan fingerprint density at radius 1 is 1.44 bits per heavy atom. The minimum absolute atomic E-state index is 0.723. The van der Waals surface area contributed by atoms with Crippen molar-refractivity contribution < 1.29 is 4.79 Å². The minimum atomic E-state index is 0.723. The molecule has 2 aromatic rings. The quantitative estimate of drug-likeness (QED) is 0.792. The first kappa shape index (κ1) is 11.1. The van der Waals surface area contributed by atoms with Crippen LogP contribution in [0.4, 0.5) is 0 Å². The smallest absolute Gasteiger partial charge is 0.151 e. The maximum Gasteiger partial charge on any atom is 0.151 e. The summed E-state index contributed by atoms with van der Waals surface area (Å²) in [6, 6.07) is 3.80. The summed E-state index contributed by atoms with van der Waals surface area (Å²) in [7, 11) is 0. The van der Waals surface area contributed by atoms with E-state index in [2.05, 4.69) is 20.9 Å². The normalized spacial score (nSPS) is 10.4. The predicted molar refractivity (Wildman–Crippen MR) is 66.1 cm³/mol. The molecule has 0 amide bonds. The highest BCUT2D eigenvalue weighted by Gasteiger charge is 2.11.